The van der Waals surface area contributed by atoms with E-state index in [1.54, 1.807) is 20.0 Å². The molecule has 0 aliphatic rings. The van der Waals surface area contributed by atoms with Crippen LogP contribution < -0.4 is 10.6 Å². The lowest BCUT2D eigenvalue weighted by Crippen LogP contribution is -2.37. The Kier molecular flexibility index (Phi) is 9.60. The van der Waals surface area contributed by atoms with E-state index in [-0.39, 0.29) is 0 Å². The summed E-state index contributed by atoms with van der Waals surface area (Å²) in [5.74, 6) is 1.48. The van der Waals surface area contributed by atoms with Gasteiger partial charge in [0.2, 0.25) is 0 Å². The molecule has 0 spiro atoms. The maximum Gasteiger partial charge on any atom is 0.341 e. The molecule has 0 bridgehead atoms. The van der Waals surface area contributed by atoms with E-state index in [1.807, 2.05) is 0 Å². The number of carbonyl (C=O) groups excluding carboxylic acids is 1. The minimum Gasteiger partial charge on any atom is -0.465 e. The maximum atomic E-state index is 11.6. The largest absolute Gasteiger partial charge is 0.465 e. The second kappa shape index (κ2) is 11.5. The predicted molar refractivity (Wildman–Crippen MR) is 93.3 cm³/mol. The van der Waals surface area contributed by atoms with Gasteiger partial charge in [-0.25, -0.2) is 4.79 Å². The van der Waals surface area contributed by atoms with Crippen molar-refractivity contribution in [3.63, 3.8) is 0 Å². The van der Waals surface area contributed by atoms with Crippen LogP contribution in [0.5, 0.6) is 0 Å². The number of rotatable bonds is 10. The van der Waals surface area contributed by atoms with Crippen LogP contribution in [0, 0.1) is 6.92 Å². The molecule has 0 aliphatic carbocycles. The van der Waals surface area contributed by atoms with Gasteiger partial charge in [0.05, 0.1) is 13.7 Å². The first-order valence-corrected chi connectivity index (χ1v) is 8.32. The first kappa shape index (κ1) is 20.0. The molecule has 0 fully saturated rings. The second-order valence-corrected chi connectivity index (χ2v) is 5.35. The van der Waals surface area contributed by atoms with E-state index in [9.17, 15) is 4.79 Å². The van der Waals surface area contributed by atoms with Gasteiger partial charge in [-0.05, 0) is 25.8 Å². The molecule has 24 heavy (non-hydrogen) atoms. The van der Waals surface area contributed by atoms with Crippen molar-refractivity contribution in [1.82, 2.24) is 10.6 Å². The van der Waals surface area contributed by atoms with Crippen molar-refractivity contribution >= 4 is 11.9 Å². The molecular formula is C17H29N3O4. The fourth-order valence-electron chi connectivity index (χ4n) is 2.06. The van der Waals surface area contributed by atoms with Gasteiger partial charge in [-0.2, -0.15) is 0 Å². The summed E-state index contributed by atoms with van der Waals surface area (Å²) < 4.78 is 15.8. The maximum absolute atomic E-state index is 11.6. The number of ether oxygens (including phenoxy) is 2. The van der Waals surface area contributed by atoms with Crippen molar-refractivity contribution in [1.29, 1.82) is 0 Å². The molecule has 0 unspecified atom stereocenters. The number of nitrogens with one attached hydrogen (secondary N) is 2. The number of guanidine groups is 1. The van der Waals surface area contributed by atoms with Crippen LogP contribution in [-0.2, 0) is 16.0 Å². The third-order valence-corrected chi connectivity index (χ3v) is 3.43. The number of hydrogen-bond donors (Lipinski definition) is 2. The summed E-state index contributed by atoms with van der Waals surface area (Å²) in [6.45, 7) is 6.66. The lowest BCUT2D eigenvalue weighted by Gasteiger charge is -2.11. The zero-order valence-electron chi connectivity index (χ0n) is 15.1. The first-order valence-electron chi connectivity index (χ1n) is 8.32. The Bertz CT molecular complexity index is 526. The SMILES string of the molecule is CCCCOCCCNC(=NC)NCc1cc(C(=O)OC)c(C)o1. The van der Waals surface area contributed by atoms with Crippen LogP contribution in [-0.4, -0.2) is 45.8 Å². The van der Waals surface area contributed by atoms with Crippen molar-refractivity contribution in [2.24, 2.45) is 4.99 Å². The van der Waals surface area contributed by atoms with Crippen molar-refractivity contribution in [2.45, 2.75) is 39.7 Å². The van der Waals surface area contributed by atoms with Gasteiger partial charge in [-0.3, -0.25) is 4.99 Å². The smallest absolute Gasteiger partial charge is 0.341 e. The van der Waals surface area contributed by atoms with Gasteiger partial charge in [0.1, 0.15) is 17.1 Å². The molecule has 0 saturated heterocycles. The van der Waals surface area contributed by atoms with Crippen LogP contribution in [0.2, 0.25) is 0 Å². The molecule has 7 heteroatoms. The normalized spacial score (nSPS) is 11.4. The van der Waals surface area contributed by atoms with Gasteiger partial charge in [0.25, 0.3) is 0 Å². The number of nitrogens with zero attached hydrogens (tertiary/aromatic N) is 1. The van der Waals surface area contributed by atoms with Gasteiger partial charge in [-0.15, -0.1) is 0 Å². The molecule has 0 amide bonds. The highest BCUT2D eigenvalue weighted by Gasteiger charge is 2.15. The molecule has 2 N–H and O–H groups in total. The Balaban J connectivity index is 2.30. The Morgan fingerprint density at radius 1 is 1.29 bits per heavy atom. The fourth-order valence-corrected chi connectivity index (χ4v) is 2.06. The summed E-state index contributed by atoms with van der Waals surface area (Å²) in [5, 5.41) is 6.36. The summed E-state index contributed by atoms with van der Waals surface area (Å²) >= 11 is 0. The Hall–Kier alpha value is -2.02. The molecular weight excluding hydrogens is 310 g/mol. The van der Waals surface area contributed by atoms with E-state index in [0.29, 0.717) is 29.6 Å². The van der Waals surface area contributed by atoms with Crippen molar-refractivity contribution in [3.05, 3.63) is 23.2 Å². The quantitative estimate of drug-likeness (QED) is 0.294. The average Bonchev–Trinajstić information content (AvgIpc) is 2.96. The molecule has 0 atom stereocenters. The van der Waals surface area contributed by atoms with Crippen LogP contribution in [0.4, 0.5) is 0 Å². The number of aliphatic imine (C=N–C) groups is 1. The molecule has 0 aliphatic heterocycles. The summed E-state index contributed by atoms with van der Waals surface area (Å²) in [6.07, 6.45) is 3.17. The van der Waals surface area contributed by atoms with E-state index >= 15 is 0 Å². The highest BCUT2D eigenvalue weighted by molar-refractivity contribution is 5.90. The molecule has 7 nitrogen and oxygen atoms in total. The molecule has 0 aromatic carbocycles. The minimum absolute atomic E-state index is 0.395. The third kappa shape index (κ3) is 7.04. The van der Waals surface area contributed by atoms with Crippen LogP contribution in [0.25, 0.3) is 0 Å². The number of hydrogen-bond acceptors (Lipinski definition) is 5. The van der Waals surface area contributed by atoms with Gasteiger partial charge >= 0.3 is 5.97 Å². The minimum atomic E-state index is -0.395. The van der Waals surface area contributed by atoms with Gasteiger partial charge < -0.3 is 24.5 Å². The van der Waals surface area contributed by atoms with Gasteiger partial charge in [0.15, 0.2) is 5.96 Å². The number of furan rings is 1. The molecule has 0 saturated carbocycles. The lowest BCUT2D eigenvalue weighted by atomic mass is 10.2. The Morgan fingerprint density at radius 2 is 2.04 bits per heavy atom. The second-order valence-electron chi connectivity index (χ2n) is 5.35. The van der Waals surface area contributed by atoms with Crippen molar-refractivity contribution < 1.29 is 18.7 Å². The zero-order chi connectivity index (χ0) is 17.8. The molecule has 136 valence electrons. The average molecular weight is 339 g/mol. The van der Waals surface area contributed by atoms with Crippen LogP contribution in [0.1, 0.15) is 48.1 Å². The van der Waals surface area contributed by atoms with E-state index < -0.39 is 5.97 Å². The zero-order valence-corrected chi connectivity index (χ0v) is 15.1. The number of methoxy groups -OCH3 is 1. The van der Waals surface area contributed by atoms with E-state index in [1.165, 1.54) is 7.11 Å². The fraction of sp³-hybridized carbons (Fsp3) is 0.647. The molecule has 1 rings (SSSR count). The Morgan fingerprint density at radius 3 is 2.71 bits per heavy atom. The van der Waals surface area contributed by atoms with E-state index in [0.717, 1.165) is 39.0 Å². The van der Waals surface area contributed by atoms with Crippen LogP contribution in [0.3, 0.4) is 0 Å². The van der Waals surface area contributed by atoms with Crippen molar-refractivity contribution in [3.8, 4) is 0 Å². The number of esters is 1. The van der Waals surface area contributed by atoms with Crippen molar-refractivity contribution in [2.75, 3.05) is 33.9 Å². The topological polar surface area (TPSA) is 85.1 Å². The molecule has 1 heterocycles. The third-order valence-electron chi connectivity index (χ3n) is 3.43. The standard InChI is InChI=1S/C17H29N3O4/c1-5-6-9-23-10-7-8-19-17(18-3)20-12-14-11-15(13(2)24-14)16(21)22-4/h11H,5-10,12H2,1-4H3,(H2,18,19,20). The van der Waals surface area contributed by atoms with E-state index in [2.05, 4.69) is 22.5 Å². The molecule has 1 aromatic heterocycles. The number of carbonyl (C=O) groups is 1. The highest BCUT2D eigenvalue weighted by Crippen LogP contribution is 2.15. The summed E-state index contributed by atoms with van der Waals surface area (Å²) in [5.41, 5.74) is 0.446. The summed E-state index contributed by atoms with van der Waals surface area (Å²) in [7, 11) is 3.06. The number of aryl methyl sites for hydroxylation is 1. The van der Waals surface area contributed by atoms with Crippen LogP contribution in [0.15, 0.2) is 15.5 Å². The van der Waals surface area contributed by atoms with Gasteiger partial charge in [-0.1, -0.05) is 13.3 Å². The molecule has 0 radical (unpaired) electrons. The summed E-state index contributed by atoms with van der Waals surface area (Å²) in [6, 6.07) is 1.68. The highest BCUT2D eigenvalue weighted by atomic mass is 16.5. The number of unbranched alkanes of at least 4 members (excludes halogenated alkanes) is 1. The van der Waals surface area contributed by atoms with E-state index in [4.69, 9.17) is 13.9 Å². The monoisotopic (exact) mass is 339 g/mol. The van der Waals surface area contributed by atoms with Crippen LogP contribution >= 0.6 is 0 Å². The predicted octanol–water partition coefficient (Wildman–Crippen LogP) is 2.25. The first-order chi connectivity index (χ1) is 11.6. The summed E-state index contributed by atoms with van der Waals surface area (Å²) in [4.78, 5) is 15.7. The van der Waals surface area contributed by atoms with Gasteiger partial charge in [0, 0.05) is 26.8 Å². The lowest BCUT2D eigenvalue weighted by molar-refractivity contribution is 0.0599. The Labute approximate surface area is 143 Å². The molecule has 1 aromatic rings.